The molecule has 2 aliphatic rings. The number of hydrogen-bond acceptors (Lipinski definition) is 4. The van der Waals surface area contributed by atoms with Crippen molar-refractivity contribution >= 4 is 23.3 Å². The van der Waals surface area contributed by atoms with Gasteiger partial charge in [-0.3, -0.25) is 4.79 Å². The summed E-state index contributed by atoms with van der Waals surface area (Å²) in [5, 5.41) is 4.78. The van der Waals surface area contributed by atoms with Gasteiger partial charge in [0.2, 0.25) is 5.91 Å². The van der Waals surface area contributed by atoms with Crippen LogP contribution in [0.2, 0.25) is 0 Å². The SMILES string of the molecule is O=C(Nc1ccccc1C(F)(F)F)NC1CC(=O)N(c2ccc3c(c2)OCCO3)C1. The second kappa shape index (κ2) is 7.77. The third-order valence-electron chi connectivity index (χ3n) is 4.78. The first-order chi connectivity index (χ1) is 14.3. The van der Waals surface area contributed by atoms with E-state index in [9.17, 15) is 22.8 Å². The van der Waals surface area contributed by atoms with Gasteiger partial charge in [0.05, 0.1) is 17.3 Å². The van der Waals surface area contributed by atoms with Gasteiger partial charge in [0.25, 0.3) is 0 Å². The number of alkyl halides is 3. The van der Waals surface area contributed by atoms with E-state index in [2.05, 4.69) is 10.6 Å². The molecular weight excluding hydrogens is 403 g/mol. The van der Waals surface area contributed by atoms with Crippen LogP contribution in [0, 0.1) is 0 Å². The predicted octanol–water partition coefficient (Wildman–Crippen LogP) is 3.40. The summed E-state index contributed by atoms with van der Waals surface area (Å²) in [5.41, 5.74) is -0.701. The number of rotatable bonds is 3. The van der Waals surface area contributed by atoms with Crippen molar-refractivity contribution in [3.05, 3.63) is 48.0 Å². The summed E-state index contributed by atoms with van der Waals surface area (Å²) >= 11 is 0. The lowest BCUT2D eigenvalue weighted by Crippen LogP contribution is -2.40. The van der Waals surface area contributed by atoms with Gasteiger partial charge >= 0.3 is 12.2 Å². The summed E-state index contributed by atoms with van der Waals surface area (Å²) in [6.07, 6.45) is -4.56. The third kappa shape index (κ3) is 4.12. The molecule has 1 unspecified atom stereocenters. The van der Waals surface area contributed by atoms with Crippen molar-refractivity contribution in [3.8, 4) is 11.5 Å². The zero-order valence-corrected chi connectivity index (χ0v) is 15.7. The first-order valence-electron chi connectivity index (χ1n) is 9.25. The Hall–Kier alpha value is -3.43. The smallest absolute Gasteiger partial charge is 0.418 e. The lowest BCUT2D eigenvalue weighted by molar-refractivity contribution is -0.136. The molecule has 1 saturated heterocycles. The number of halogens is 3. The van der Waals surface area contributed by atoms with Crippen LogP contribution in [0.3, 0.4) is 0 Å². The van der Waals surface area contributed by atoms with E-state index in [1.165, 1.54) is 23.1 Å². The summed E-state index contributed by atoms with van der Waals surface area (Å²) in [7, 11) is 0. The molecule has 1 atom stereocenters. The number of fused-ring (bicyclic) bond motifs is 1. The van der Waals surface area contributed by atoms with Gasteiger partial charge < -0.3 is 25.0 Å². The van der Waals surface area contributed by atoms with Crippen molar-refractivity contribution in [2.45, 2.75) is 18.6 Å². The molecule has 30 heavy (non-hydrogen) atoms. The lowest BCUT2D eigenvalue weighted by Gasteiger charge is -2.22. The number of nitrogens with zero attached hydrogens (tertiary/aromatic N) is 1. The molecule has 2 aliphatic heterocycles. The third-order valence-corrected chi connectivity index (χ3v) is 4.78. The van der Waals surface area contributed by atoms with Crippen molar-refractivity contribution in [3.63, 3.8) is 0 Å². The molecule has 2 N–H and O–H groups in total. The number of carbonyl (C=O) groups is 2. The summed E-state index contributed by atoms with van der Waals surface area (Å²) in [5.74, 6) is 0.908. The molecule has 0 aromatic heterocycles. The normalized spacial score (nSPS) is 18.3. The highest BCUT2D eigenvalue weighted by atomic mass is 19.4. The van der Waals surface area contributed by atoms with Gasteiger partial charge in [-0.05, 0) is 24.3 Å². The second-order valence-corrected chi connectivity index (χ2v) is 6.88. The lowest BCUT2D eigenvalue weighted by atomic mass is 10.1. The quantitative estimate of drug-likeness (QED) is 0.796. The van der Waals surface area contributed by atoms with Crippen LogP contribution >= 0.6 is 0 Å². The van der Waals surface area contributed by atoms with Gasteiger partial charge in [-0.1, -0.05) is 12.1 Å². The maximum absolute atomic E-state index is 13.1. The van der Waals surface area contributed by atoms with Crippen molar-refractivity contribution in [1.29, 1.82) is 0 Å². The predicted molar refractivity (Wildman–Crippen MR) is 102 cm³/mol. The molecule has 2 aromatic rings. The molecule has 3 amide bonds. The largest absolute Gasteiger partial charge is 0.486 e. The van der Waals surface area contributed by atoms with E-state index in [1.807, 2.05) is 0 Å². The van der Waals surface area contributed by atoms with E-state index < -0.39 is 23.8 Å². The molecule has 0 bridgehead atoms. The van der Waals surface area contributed by atoms with E-state index in [4.69, 9.17) is 9.47 Å². The zero-order chi connectivity index (χ0) is 21.3. The van der Waals surface area contributed by atoms with Gasteiger partial charge in [-0.2, -0.15) is 13.2 Å². The van der Waals surface area contributed by atoms with E-state index in [1.54, 1.807) is 18.2 Å². The highest BCUT2D eigenvalue weighted by molar-refractivity contribution is 5.98. The second-order valence-electron chi connectivity index (χ2n) is 6.88. The number of nitrogens with one attached hydrogen (secondary N) is 2. The average Bonchev–Trinajstić information content (AvgIpc) is 3.07. The molecular formula is C20H18F3N3O4. The summed E-state index contributed by atoms with van der Waals surface area (Å²) in [6, 6.07) is 8.44. The summed E-state index contributed by atoms with van der Waals surface area (Å²) < 4.78 is 50.2. The molecule has 0 spiro atoms. The maximum atomic E-state index is 13.1. The number of para-hydroxylation sites is 1. The van der Waals surface area contributed by atoms with E-state index in [-0.39, 0.29) is 24.6 Å². The molecule has 4 rings (SSSR count). The zero-order valence-electron chi connectivity index (χ0n) is 15.7. The number of hydrogen-bond donors (Lipinski definition) is 2. The van der Waals surface area contributed by atoms with Gasteiger partial charge in [-0.25, -0.2) is 4.79 Å². The number of amides is 3. The standard InChI is InChI=1S/C20H18F3N3O4/c21-20(22,23)14-3-1-2-4-15(14)25-19(28)24-12-9-18(27)26(11-12)13-5-6-16-17(10-13)30-8-7-29-16/h1-6,10,12H,7-9,11H2,(H2,24,25,28). The first-order valence-corrected chi connectivity index (χ1v) is 9.25. The topological polar surface area (TPSA) is 79.9 Å². The van der Waals surface area contributed by atoms with Crippen LogP contribution in [0.15, 0.2) is 42.5 Å². The Labute approximate surface area is 169 Å². The molecule has 2 aromatic carbocycles. The van der Waals surface area contributed by atoms with Crippen molar-refractivity contribution in [2.24, 2.45) is 0 Å². The Morgan fingerprint density at radius 3 is 2.57 bits per heavy atom. The van der Waals surface area contributed by atoms with Crippen LogP contribution in [0.4, 0.5) is 29.3 Å². The van der Waals surface area contributed by atoms with Crippen LogP contribution in [0.1, 0.15) is 12.0 Å². The monoisotopic (exact) mass is 421 g/mol. The Kier molecular flexibility index (Phi) is 5.15. The van der Waals surface area contributed by atoms with E-state index in [0.717, 1.165) is 6.07 Å². The number of ether oxygens (including phenoxy) is 2. The van der Waals surface area contributed by atoms with Gasteiger partial charge in [0.15, 0.2) is 11.5 Å². The van der Waals surface area contributed by atoms with Crippen LogP contribution in [0.5, 0.6) is 11.5 Å². The van der Waals surface area contributed by atoms with E-state index >= 15 is 0 Å². The Morgan fingerprint density at radius 2 is 1.80 bits per heavy atom. The number of urea groups is 1. The average molecular weight is 421 g/mol. The molecule has 158 valence electrons. The number of benzene rings is 2. The molecule has 0 saturated carbocycles. The van der Waals surface area contributed by atoms with Crippen molar-refractivity contribution in [1.82, 2.24) is 5.32 Å². The molecule has 2 heterocycles. The minimum atomic E-state index is -4.60. The molecule has 7 nitrogen and oxygen atoms in total. The summed E-state index contributed by atoms with van der Waals surface area (Å²) in [6.45, 7) is 1.05. The Bertz CT molecular complexity index is 980. The highest BCUT2D eigenvalue weighted by Crippen LogP contribution is 2.36. The minimum Gasteiger partial charge on any atom is -0.486 e. The number of anilines is 2. The maximum Gasteiger partial charge on any atom is 0.418 e. The number of carbonyl (C=O) groups excluding carboxylic acids is 2. The van der Waals surface area contributed by atoms with Gasteiger partial charge in [-0.15, -0.1) is 0 Å². The molecule has 0 aliphatic carbocycles. The Morgan fingerprint density at radius 1 is 1.07 bits per heavy atom. The van der Waals surface area contributed by atoms with Crippen LogP contribution in [-0.2, 0) is 11.0 Å². The fourth-order valence-corrected chi connectivity index (χ4v) is 3.44. The molecule has 0 radical (unpaired) electrons. The summed E-state index contributed by atoms with van der Waals surface area (Å²) in [4.78, 5) is 26.1. The van der Waals surface area contributed by atoms with Crippen molar-refractivity contribution in [2.75, 3.05) is 30.0 Å². The molecule has 10 heteroatoms. The van der Waals surface area contributed by atoms with Crippen molar-refractivity contribution < 1.29 is 32.2 Å². The fraction of sp³-hybridized carbons (Fsp3) is 0.300. The van der Waals surface area contributed by atoms with Crippen LogP contribution < -0.4 is 25.0 Å². The van der Waals surface area contributed by atoms with Crippen LogP contribution in [-0.4, -0.2) is 37.7 Å². The Balaban J connectivity index is 1.41. The van der Waals surface area contributed by atoms with Gasteiger partial charge in [0, 0.05) is 24.7 Å². The fourth-order valence-electron chi connectivity index (χ4n) is 3.44. The van der Waals surface area contributed by atoms with E-state index in [0.29, 0.717) is 30.4 Å². The molecule has 1 fully saturated rings. The first kappa shape index (κ1) is 19.9. The van der Waals surface area contributed by atoms with Crippen LogP contribution in [0.25, 0.3) is 0 Å². The minimum absolute atomic E-state index is 0.0305. The van der Waals surface area contributed by atoms with Gasteiger partial charge in [0.1, 0.15) is 13.2 Å². The highest BCUT2D eigenvalue weighted by Gasteiger charge is 2.35.